The predicted octanol–water partition coefficient (Wildman–Crippen LogP) is 3.38. The summed E-state index contributed by atoms with van der Waals surface area (Å²) in [6.07, 6.45) is 7.12. The molecule has 1 aromatic heterocycles. The van der Waals surface area contributed by atoms with E-state index in [-0.39, 0.29) is 5.54 Å². The van der Waals surface area contributed by atoms with Crippen LogP contribution in [0.2, 0.25) is 0 Å². The van der Waals surface area contributed by atoms with Gasteiger partial charge in [0.1, 0.15) is 5.54 Å². The fourth-order valence-corrected chi connectivity index (χ4v) is 3.36. The molecular formula is C17H28N4. The third-order valence-corrected chi connectivity index (χ3v) is 4.59. The van der Waals surface area contributed by atoms with Crippen LogP contribution in [0.5, 0.6) is 0 Å². The lowest BCUT2D eigenvalue weighted by atomic mass is 9.79. The number of nitrogens with one attached hydrogen (secondary N) is 1. The molecule has 0 radical (unpaired) electrons. The molecule has 116 valence electrons. The molecule has 0 aliphatic heterocycles. The predicted molar refractivity (Wildman–Crippen MR) is 85.1 cm³/mol. The molecule has 0 aromatic carbocycles. The van der Waals surface area contributed by atoms with Crippen molar-refractivity contribution in [2.75, 3.05) is 6.54 Å². The zero-order chi connectivity index (χ0) is 15.3. The van der Waals surface area contributed by atoms with Crippen LogP contribution in [0.3, 0.4) is 0 Å². The first-order chi connectivity index (χ1) is 10.2. The van der Waals surface area contributed by atoms with Gasteiger partial charge in [-0.05, 0) is 51.1 Å². The smallest absolute Gasteiger partial charge is 0.108 e. The first-order valence-electron chi connectivity index (χ1n) is 8.41. The molecule has 1 aliphatic rings. The van der Waals surface area contributed by atoms with Crippen molar-refractivity contribution in [1.82, 2.24) is 15.1 Å². The lowest BCUT2D eigenvalue weighted by molar-refractivity contribution is 0.217. The van der Waals surface area contributed by atoms with Crippen LogP contribution in [0.1, 0.15) is 70.3 Å². The van der Waals surface area contributed by atoms with Gasteiger partial charge in [-0.25, -0.2) is 0 Å². The van der Waals surface area contributed by atoms with Gasteiger partial charge in [0.25, 0.3) is 0 Å². The van der Waals surface area contributed by atoms with Crippen molar-refractivity contribution in [3.05, 3.63) is 17.5 Å². The second-order valence-corrected chi connectivity index (χ2v) is 6.15. The van der Waals surface area contributed by atoms with Crippen molar-refractivity contribution in [2.45, 2.75) is 77.3 Å². The van der Waals surface area contributed by atoms with Crippen LogP contribution < -0.4 is 5.32 Å². The minimum Gasteiger partial charge on any atom is -0.299 e. The number of nitrogens with zero attached hydrogens (tertiary/aromatic N) is 3. The topological polar surface area (TPSA) is 53.6 Å². The Morgan fingerprint density at radius 2 is 2.24 bits per heavy atom. The number of aryl methyl sites for hydroxylation is 2. The largest absolute Gasteiger partial charge is 0.299 e. The molecular weight excluding hydrogens is 260 g/mol. The summed E-state index contributed by atoms with van der Waals surface area (Å²) in [5, 5.41) is 17.9. The minimum absolute atomic E-state index is 0.359. The van der Waals surface area contributed by atoms with Crippen molar-refractivity contribution >= 4 is 0 Å². The first kappa shape index (κ1) is 16.0. The Labute approximate surface area is 128 Å². The van der Waals surface area contributed by atoms with Crippen LogP contribution in [0.4, 0.5) is 0 Å². The van der Waals surface area contributed by atoms with E-state index < -0.39 is 0 Å². The molecule has 1 aromatic rings. The molecule has 0 bridgehead atoms. The Hall–Kier alpha value is -1.34. The van der Waals surface area contributed by atoms with Gasteiger partial charge in [-0.3, -0.25) is 10.00 Å². The van der Waals surface area contributed by atoms with Crippen molar-refractivity contribution < 1.29 is 0 Å². The Bertz CT molecular complexity index is 499. The van der Waals surface area contributed by atoms with Gasteiger partial charge in [-0.1, -0.05) is 20.8 Å². The fraction of sp³-hybridized carbons (Fsp3) is 0.765. The van der Waals surface area contributed by atoms with Gasteiger partial charge in [0, 0.05) is 12.1 Å². The molecule has 2 unspecified atom stereocenters. The molecule has 1 fully saturated rings. The molecule has 1 heterocycles. The maximum absolute atomic E-state index is 9.67. The molecule has 1 aliphatic carbocycles. The van der Waals surface area contributed by atoms with Crippen LogP contribution in [0.25, 0.3) is 0 Å². The molecule has 1 saturated carbocycles. The van der Waals surface area contributed by atoms with E-state index in [0.29, 0.717) is 6.04 Å². The second-order valence-electron chi connectivity index (χ2n) is 6.15. The van der Waals surface area contributed by atoms with Gasteiger partial charge in [0.15, 0.2) is 0 Å². The molecule has 1 N–H and O–H groups in total. The number of hydrogen-bond acceptors (Lipinski definition) is 3. The fourth-order valence-electron chi connectivity index (χ4n) is 3.36. The highest BCUT2D eigenvalue weighted by Gasteiger charge is 2.37. The van der Waals surface area contributed by atoms with Crippen LogP contribution in [-0.4, -0.2) is 21.9 Å². The highest BCUT2D eigenvalue weighted by atomic mass is 15.3. The summed E-state index contributed by atoms with van der Waals surface area (Å²) in [5.74, 6) is 0. The summed E-state index contributed by atoms with van der Waals surface area (Å²) in [6, 6.07) is 5.14. The van der Waals surface area contributed by atoms with E-state index in [4.69, 9.17) is 5.10 Å². The van der Waals surface area contributed by atoms with E-state index in [1.54, 1.807) is 0 Å². The number of hydrogen-bond donors (Lipinski definition) is 1. The molecule has 0 amide bonds. The summed E-state index contributed by atoms with van der Waals surface area (Å²) < 4.78 is 2.21. The maximum Gasteiger partial charge on any atom is 0.108 e. The van der Waals surface area contributed by atoms with E-state index in [2.05, 4.69) is 42.9 Å². The van der Waals surface area contributed by atoms with Gasteiger partial charge >= 0.3 is 0 Å². The second kappa shape index (κ2) is 7.09. The highest BCUT2D eigenvalue weighted by molar-refractivity contribution is 5.15. The van der Waals surface area contributed by atoms with Gasteiger partial charge in [-0.2, -0.15) is 10.4 Å². The van der Waals surface area contributed by atoms with Gasteiger partial charge < -0.3 is 0 Å². The van der Waals surface area contributed by atoms with E-state index in [1.165, 1.54) is 11.4 Å². The van der Waals surface area contributed by atoms with E-state index in [9.17, 15) is 5.26 Å². The van der Waals surface area contributed by atoms with Gasteiger partial charge in [-0.15, -0.1) is 0 Å². The van der Waals surface area contributed by atoms with Crippen LogP contribution >= 0.6 is 0 Å². The van der Waals surface area contributed by atoms with E-state index in [1.807, 2.05) is 0 Å². The van der Waals surface area contributed by atoms with Crippen molar-refractivity contribution in [2.24, 2.45) is 0 Å². The number of rotatable bonds is 6. The summed E-state index contributed by atoms with van der Waals surface area (Å²) in [7, 11) is 0. The standard InChI is InChI=1S/C17H28N4/c1-4-10-19-17(13-18)9-7-8-16(12-17)21-15(6-3)11-14(5-2)20-21/h11,16,19H,4-10,12H2,1-3H3. The van der Waals surface area contributed by atoms with Gasteiger partial charge in [0.2, 0.25) is 0 Å². The van der Waals surface area contributed by atoms with Crippen molar-refractivity contribution in [1.29, 1.82) is 5.26 Å². The average Bonchev–Trinajstić information content (AvgIpc) is 2.96. The van der Waals surface area contributed by atoms with Crippen molar-refractivity contribution in [3.8, 4) is 6.07 Å². The lowest BCUT2D eigenvalue weighted by Gasteiger charge is -2.37. The minimum atomic E-state index is -0.359. The molecule has 2 atom stereocenters. The first-order valence-corrected chi connectivity index (χ1v) is 8.41. The lowest BCUT2D eigenvalue weighted by Crippen LogP contribution is -2.48. The average molecular weight is 288 g/mol. The maximum atomic E-state index is 9.67. The molecule has 0 saturated heterocycles. The Morgan fingerprint density at radius 3 is 2.86 bits per heavy atom. The Morgan fingerprint density at radius 1 is 1.43 bits per heavy atom. The zero-order valence-corrected chi connectivity index (χ0v) is 13.7. The number of aromatic nitrogens is 2. The van der Waals surface area contributed by atoms with Crippen LogP contribution in [0, 0.1) is 11.3 Å². The summed E-state index contributed by atoms with van der Waals surface area (Å²) in [4.78, 5) is 0. The van der Waals surface area contributed by atoms with Crippen LogP contribution in [0.15, 0.2) is 6.07 Å². The Balaban J connectivity index is 2.20. The molecule has 0 spiro atoms. The van der Waals surface area contributed by atoms with Crippen LogP contribution in [-0.2, 0) is 12.8 Å². The molecule has 4 nitrogen and oxygen atoms in total. The molecule has 4 heteroatoms. The molecule has 2 rings (SSSR count). The Kier molecular flexibility index (Phi) is 5.41. The third kappa shape index (κ3) is 3.47. The monoisotopic (exact) mass is 288 g/mol. The quantitative estimate of drug-likeness (QED) is 0.873. The van der Waals surface area contributed by atoms with Crippen molar-refractivity contribution in [3.63, 3.8) is 0 Å². The normalized spacial score (nSPS) is 25.7. The van der Waals surface area contributed by atoms with E-state index >= 15 is 0 Å². The van der Waals surface area contributed by atoms with E-state index in [0.717, 1.165) is 51.5 Å². The zero-order valence-electron chi connectivity index (χ0n) is 13.7. The summed E-state index contributed by atoms with van der Waals surface area (Å²) in [5.41, 5.74) is 2.12. The number of nitriles is 1. The molecule has 21 heavy (non-hydrogen) atoms. The SMILES string of the molecule is CCCNC1(C#N)CCCC(n2nc(CC)cc2CC)C1. The van der Waals surface area contributed by atoms with Gasteiger partial charge in [0.05, 0.1) is 17.8 Å². The third-order valence-electron chi connectivity index (χ3n) is 4.59. The summed E-state index contributed by atoms with van der Waals surface area (Å²) in [6.45, 7) is 7.40. The highest BCUT2D eigenvalue weighted by Crippen LogP contribution is 2.36. The summed E-state index contributed by atoms with van der Waals surface area (Å²) >= 11 is 0.